The highest BCUT2D eigenvalue weighted by Gasteiger charge is 2.29. The van der Waals surface area contributed by atoms with Gasteiger partial charge in [0.25, 0.3) is 0 Å². The molecule has 0 saturated heterocycles. The fraction of sp³-hybridized carbons (Fsp3) is 0.818. The molecule has 16 heavy (non-hydrogen) atoms. The van der Waals surface area contributed by atoms with Crippen molar-refractivity contribution in [2.24, 2.45) is 0 Å². The van der Waals surface area contributed by atoms with Crippen LogP contribution in [-0.2, 0) is 9.59 Å². The van der Waals surface area contributed by atoms with E-state index in [-0.39, 0.29) is 12.3 Å². The number of hydrogen-bond donors (Lipinski definition) is 1. The molecule has 5 nitrogen and oxygen atoms in total. The topological polar surface area (TPSA) is 60.9 Å². The molecule has 94 valence electrons. The van der Waals surface area contributed by atoms with Crippen LogP contribution >= 0.6 is 0 Å². The van der Waals surface area contributed by atoms with E-state index in [1.165, 1.54) is 4.90 Å². The van der Waals surface area contributed by atoms with Gasteiger partial charge in [-0.05, 0) is 27.9 Å². The van der Waals surface area contributed by atoms with Gasteiger partial charge in [0.1, 0.15) is 0 Å². The lowest BCUT2D eigenvalue weighted by atomic mass is 9.98. The smallest absolute Gasteiger partial charge is 0.305 e. The Morgan fingerprint density at radius 2 is 1.69 bits per heavy atom. The molecule has 0 aromatic rings. The van der Waals surface area contributed by atoms with E-state index in [2.05, 4.69) is 0 Å². The molecule has 0 saturated carbocycles. The SMILES string of the molecule is CN(C)CCC(=O)N(C)C(C)(C)CC(=O)O. The molecule has 0 fully saturated rings. The number of amides is 1. The summed E-state index contributed by atoms with van der Waals surface area (Å²) in [5.74, 6) is -0.919. The van der Waals surface area contributed by atoms with Crippen molar-refractivity contribution in [3.63, 3.8) is 0 Å². The summed E-state index contributed by atoms with van der Waals surface area (Å²) in [6.45, 7) is 4.19. The number of carboxylic acid groups (broad SMARTS) is 1. The number of nitrogens with zero attached hydrogens (tertiary/aromatic N) is 2. The maximum absolute atomic E-state index is 11.8. The van der Waals surface area contributed by atoms with Gasteiger partial charge in [0, 0.05) is 25.6 Å². The highest BCUT2D eigenvalue weighted by atomic mass is 16.4. The average Bonchev–Trinajstić information content (AvgIpc) is 2.10. The second kappa shape index (κ2) is 5.84. The molecule has 0 spiro atoms. The van der Waals surface area contributed by atoms with E-state index in [1.807, 2.05) is 19.0 Å². The van der Waals surface area contributed by atoms with Crippen molar-refractivity contribution in [2.45, 2.75) is 32.2 Å². The van der Waals surface area contributed by atoms with Crippen molar-refractivity contribution in [1.29, 1.82) is 0 Å². The van der Waals surface area contributed by atoms with Crippen LogP contribution in [0.25, 0.3) is 0 Å². The fourth-order valence-electron chi connectivity index (χ4n) is 1.31. The predicted molar refractivity (Wildman–Crippen MR) is 62.3 cm³/mol. The van der Waals surface area contributed by atoms with Crippen LogP contribution in [0.1, 0.15) is 26.7 Å². The first-order valence-corrected chi connectivity index (χ1v) is 5.30. The monoisotopic (exact) mass is 230 g/mol. The Kier molecular flexibility index (Phi) is 5.44. The minimum atomic E-state index is -0.891. The van der Waals surface area contributed by atoms with Crippen LogP contribution in [-0.4, -0.2) is 60.0 Å². The Hall–Kier alpha value is -1.10. The van der Waals surface area contributed by atoms with Gasteiger partial charge in [0.15, 0.2) is 0 Å². The molecule has 0 aliphatic carbocycles. The zero-order valence-corrected chi connectivity index (χ0v) is 10.8. The number of hydrogen-bond acceptors (Lipinski definition) is 3. The summed E-state index contributed by atoms with van der Waals surface area (Å²) in [6, 6.07) is 0. The maximum atomic E-state index is 11.8. The van der Waals surface area contributed by atoms with Crippen molar-refractivity contribution < 1.29 is 14.7 Å². The summed E-state index contributed by atoms with van der Waals surface area (Å²) in [5.41, 5.74) is -0.644. The third-order valence-corrected chi connectivity index (χ3v) is 2.64. The van der Waals surface area contributed by atoms with E-state index in [0.717, 1.165) is 0 Å². The second-order valence-electron chi connectivity index (χ2n) is 4.89. The molecule has 0 bridgehead atoms. The molecule has 1 amide bonds. The predicted octanol–water partition coefficient (Wildman–Crippen LogP) is 0.650. The van der Waals surface area contributed by atoms with E-state index < -0.39 is 11.5 Å². The van der Waals surface area contributed by atoms with Gasteiger partial charge < -0.3 is 14.9 Å². The number of carbonyl (C=O) groups is 2. The van der Waals surface area contributed by atoms with Crippen molar-refractivity contribution in [1.82, 2.24) is 9.80 Å². The normalized spacial score (nSPS) is 11.6. The first kappa shape index (κ1) is 14.9. The summed E-state index contributed by atoms with van der Waals surface area (Å²) in [5, 5.41) is 8.75. The highest BCUT2D eigenvalue weighted by Crippen LogP contribution is 2.17. The maximum Gasteiger partial charge on any atom is 0.305 e. The average molecular weight is 230 g/mol. The van der Waals surface area contributed by atoms with E-state index in [4.69, 9.17) is 5.11 Å². The van der Waals surface area contributed by atoms with Gasteiger partial charge in [0.05, 0.1) is 6.42 Å². The lowest BCUT2D eigenvalue weighted by molar-refractivity contribution is -0.143. The molecule has 0 aromatic heterocycles. The van der Waals surface area contributed by atoms with Gasteiger partial charge in [-0.1, -0.05) is 0 Å². The molecule has 0 rings (SSSR count). The van der Waals surface area contributed by atoms with E-state index in [9.17, 15) is 9.59 Å². The quantitative estimate of drug-likeness (QED) is 0.728. The Morgan fingerprint density at radius 3 is 2.06 bits per heavy atom. The van der Waals surface area contributed by atoms with Gasteiger partial charge in [-0.15, -0.1) is 0 Å². The Balaban J connectivity index is 4.35. The van der Waals surface area contributed by atoms with Gasteiger partial charge in [0.2, 0.25) is 5.91 Å². The molecule has 0 aliphatic rings. The first-order valence-electron chi connectivity index (χ1n) is 5.30. The Labute approximate surface area is 97.0 Å². The molecule has 0 aromatic carbocycles. The number of carbonyl (C=O) groups excluding carboxylic acids is 1. The van der Waals surface area contributed by atoms with Crippen LogP contribution in [0, 0.1) is 0 Å². The Bertz CT molecular complexity index is 262. The van der Waals surface area contributed by atoms with Crippen molar-refractivity contribution >= 4 is 11.9 Å². The third kappa shape index (κ3) is 5.11. The fourth-order valence-corrected chi connectivity index (χ4v) is 1.31. The number of aliphatic carboxylic acids is 1. The molecular weight excluding hydrogens is 208 g/mol. The Morgan fingerprint density at radius 1 is 1.19 bits per heavy atom. The molecule has 0 unspecified atom stereocenters. The summed E-state index contributed by atoms with van der Waals surface area (Å²) in [6.07, 6.45) is 0.365. The summed E-state index contributed by atoms with van der Waals surface area (Å²) < 4.78 is 0. The largest absolute Gasteiger partial charge is 0.481 e. The summed E-state index contributed by atoms with van der Waals surface area (Å²) >= 11 is 0. The van der Waals surface area contributed by atoms with Gasteiger partial charge in [-0.25, -0.2) is 0 Å². The number of rotatable bonds is 6. The lowest BCUT2D eigenvalue weighted by Crippen LogP contribution is -2.47. The lowest BCUT2D eigenvalue weighted by Gasteiger charge is -2.34. The number of carboxylic acids is 1. The first-order chi connectivity index (χ1) is 7.16. The third-order valence-electron chi connectivity index (χ3n) is 2.64. The molecular formula is C11H22N2O3. The molecule has 5 heteroatoms. The van der Waals surface area contributed by atoms with E-state index in [0.29, 0.717) is 13.0 Å². The minimum Gasteiger partial charge on any atom is -0.481 e. The highest BCUT2D eigenvalue weighted by molar-refractivity contribution is 5.78. The zero-order chi connectivity index (χ0) is 12.9. The summed E-state index contributed by atoms with van der Waals surface area (Å²) in [4.78, 5) is 25.9. The van der Waals surface area contributed by atoms with Gasteiger partial charge in [-0.2, -0.15) is 0 Å². The van der Waals surface area contributed by atoms with Crippen LogP contribution < -0.4 is 0 Å². The van der Waals surface area contributed by atoms with Crippen LogP contribution in [0.2, 0.25) is 0 Å². The van der Waals surface area contributed by atoms with Gasteiger partial charge in [-0.3, -0.25) is 9.59 Å². The van der Waals surface area contributed by atoms with Crippen molar-refractivity contribution in [3.05, 3.63) is 0 Å². The van der Waals surface area contributed by atoms with Crippen molar-refractivity contribution in [3.8, 4) is 0 Å². The van der Waals surface area contributed by atoms with Crippen LogP contribution in [0.4, 0.5) is 0 Å². The molecule has 0 aliphatic heterocycles. The molecule has 0 atom stereocenters. The summed E-state index contributed by atoms with van der Waals surface area (Å²) in [7, 11) is 5.45. The van der Waals surface area contributed by atoms with Crippen LogP contribution in [0.15, 0.2) is 0 Å². The second-order valence-corrected chi connectivity index (χ2v) is 4.89. The molecule has 1 N–H and O–H groups in total. The molecule has 0 heterocycles. The van der Waals surface area contributed by atoms with E-state index >= 15 is 0 Å². The van der Waals surface area contributed by atoms with E-state index in [1.54, 1.807) is 20.9 Å². The van der Waals surface area contributed by atoms with Crippen LogP contribution in [0.3, 0.4) is 0 Å². The van der Waals surface area contributed by atoms with Gasteiger partial charge >= 0.3 is 5.97 Å². The standard InChI is InChI=1S/C11H22N2O3/c1-11(2,8-10(15)16)13(5)9(14)6-7-12(3)4/h6-8H2,1-5H3,(H,15,16). The molecule has 0 radical (unpaired) electrons. The van der Waals surface area contributed by atoms with Crippen LogP contribution in [0.5, 0.6) is 0 Å². The van der Waals surface area contributed by atoms with Crippen molar-refractivity contribution in [2.75, 3.05) is 27.7 Å². The minimum absolute atomic E-state index is 0.0278. The zero-order valence-electron chi connectivity index (χ0n) is 10.8.